The molecule has 1 heterocycles. The summed E-state index contributed by atoms with van der Waals surface area (Å²) in [6.07, 6.45) is 0.594. The molecule has 1 fully saturated rings. The largest absolute Gasteiger partial charge is 0.465 e. The minimum atomic E-state index is -0.439. The lowest BCUT2D eigenvalue weighted by atomic mass is 10.0. The molecule has 1 amide bonds. The van der Waals surface area contributed by atoms with E-state index >= 15 is 0 Å². The number of hydrogen-bond donors (Lipinski definition) is 3. The highest BCUT2D eigenvalue weighted by Gasteiger charge is 2.30. The van der Waals surface area contributed by atoms with Crippen LogP contribution in [0.1, 0.15) is 24.9 Å². The Labute approximate surface area is 128 Å². The molecular formula is C14H18ClN3O3. The highest BCUT2D eigenvalue weighted by molar-refractivity contribution is 6.30. The van der Waals surface area contributed by atoms with E-state index in [2.05, 4.69) is 16.2 Å². The predicted octanol–water partition coefficient (Wildman–Crippen LogP) is 0.927. The van der Waals surface area contributed by atoms with Gasteiger partial charge in [-0.2, -0.15) is 0 Å². The van der Waals surface area contributed by atoms with Crippen LogP contribution in [0.15, 0.2) is 24.3 Å². The Morgan fingerprint density at radius 3 is 2.71 bits per heavy atom. The summed E-state index contributed by atoms with van der Waals surface area (Å²) in [4.78, 5) is 23.1. The number of hydrazine groups is 1. The first kappa shape index (κ1) is 15.8. The SMILES string of the molecule is CCOC(=O)CNC(=O)C1CC(c2ccc(Cl)cc2)NN1. The van der Waals surface area contributed by atoms with E-state index in [0.717, 1.165) is 5.56 Å². The Morgan fingerprint density at radius 1 is 1.33 bits per heavy atom. The lowest BCUT2D eigenvalue weighted by Crippen LogP contribution is -2.44. The van der Waals surface area contributed by atoms with Crippen LogP contribution >= 0.6 is 11.6 Å². The van der Waals surface area contributed by atoms with Crippen molar-refractivity contribution in [1.82, 2.24) is 16.2 Å². The average molecular weight is 312 g/mol. The Hall–Kier alpha value is -1.63. The van der Waals surface area contributed by atoms with Gasteiger partial charge in [-0.1, -0.05) is 23.7 Å². The molecule has 0 aromatic heterocycles. The van der Waals surface area contributed by atoms with Gasteiger partial charge in [0, 0.05) is 11.1 Å². The summed E-state index contributed by atoms with van der Waals surface area (Å²) in [5.41, 5.74) is 7.04. The van der Waals surface area contributed by atoms with Crippen molar-refractivity contribution in [2.75, 3.05) is 13.2 Å². The van der Waals surface area contributed by atoms with Crippen molar-refractivity contribution in [3.63, 3.8) is 0 Å². The van der Waals surface area contributed by atoms with Crippen LogP contribution in [0, 0.1) is 0 Å². The summed E-state index contributed by atoms with van der Waals surface area (Å²) >= 11 is 5.85. The zero-order valence-electron chi connectivity index (χ0n) is 11.7. The second-order valence-electron chi connectivity index (χ2n) is 4.70. The van der Waals surface area contributed by atoms with Crippen molar-refractivity contribution >= 4 is 23.5 Å². The number of rotatable bonds is 5. The Balaban J connectivity index is 1.83. The van der Waals surface area contributed by atoms with Gasteiger partial charge in [-0.25, -0.2) is 10.9 Å². The maximum Gasteiger partial charge on any atom is 0.325 e. The summed E-state index contributed by atoms with van der Waals surface area (Å²) in [6, 6.07) is 7.10. The molecule has 114 valence electrons. The molecule has 2 unspecified atom stereocenters. The van der Waals surface area contributed by atoms with Crippen molar-refractivity contribution in [1.29, 1.82) is 0 Å². The van der Waals surface area contributed by atoms with Crippen molar-refractivity contribution in [3.8, 4) is 0 Å². The Bertz CT molecular complexity index is 507. The normalized spacial score (nSPS) is 21.0. The van der Waals surface area contributed by atoms with Crippen molar-refractivity contribution in [2.24, 2.45) is 0 Å². The van der Waals surface area contributed by atoms with Crippen molar-refractivity contribution in [2.45, 2.75) is 25.4 Å². The molecule has 2 rings (SSSR count). The molecule has 0 spiro atoms. The number of halogens is 1. The van der Waals surface area contributed by atoms with E-state index in [1.165, 1.54) is 0 Å². The molecule has 0 bridgehead atoms. The molecule has 1 aromatic rings. The van der Waals surface area contributed by atoms with Gasteiger partial charge in [-0.05, 0) is 31.0 Å². The number of carbonyl (C=O) groups excluding carboxylic acids is 2. The second kappa shape index (κ2) is 7.40. The third-order valence-corrected chi connectivity index (χ3v) is 3.46. The minimum absolute atomic E-state index is 0.0283. The molecule has 1 saturated heterocycles. The van der Waals surface area contributed by atoms with Crippen LogP contribution < -0.4 is 16.2 Å². The number of nitrogens with one attached hydrogen (secondary N) is 3. The van der Waals surface area contributed by atoms with Gasteiger partial charge in [0.25, 0.3) is 0 Å². The summed E-state index contributed by atoms with van der Waals surface area (Å²) in [6.45, 7) is 1.91. The lowest BCUT2D eigenvalue weighted by Gasteiger charge is -2.10. The van der Waals surface area contributed by atoms with E-state index in [-0.39, 0.29) is 24.5 Å². The first-order valence-corrected chi connectivity index (χ1v) is 7.17. The summed E-state index contributed by atoms with van der Waals surface area (Å²) in [5, 5.41) is 3.23. The molecule has 1 aliphatic rings. The standard InChI is InChI=1S/C14H18ClN3O3/c1-2-21-13(19)8-16-14(20)12-7-11(17-18-12)9-3-5-10(15)6-4-9/h3-6,11-12,17-18H,2,7-8H2,1H3,(H,16,20). The number of benzene rings is 1. The van der Waals surface area contributed by atoms with Crippen LogP contribution in [0.2, 0.25) is 5.02 Å². The molecule has 21 heavy (non-hydrogen) atoms. The maximum absolute atomic E-state index is 11.9. The minimum Gasteiger partial charge on any atom is -0.465 e. The number of esters is 1. The van der Waals surface area contributed by atoms with E-state index in [1.54, 1.807) is 6.92 Å². The zero-order valence-corrected chi connectivity index (χ0v) is 12.4. The molecule has 0 saturated carbocycles. The highest BCUT2D eigenvalue weighted by atomic mass is 35.5. The number of hydrogen-bond acceptors (Lipinski definition) is 5. The van der Waals surface area contributed by atoms with Crippen LogP contribution in [-0.4, -0.2) is 31.1 Å². The van der Waals surface area contributed by atoms with Gasteiger partial charge in [-0.3, -0.25) is 9.59 Å². The van der Waals surface area contributed by atoms with Gasteiger partial charge in [0.1, 0.15) is 12.6 Å². The molecular weight excluding hydrogens is 294 g/mol. The Morgan fingerprint density at radius 2 is 2.05 bits per heavy atom. The molecule has 0 aliphatic carbocycles. The number of amides is 1. The first-order valence-electron chi connectivity index (χ1n) is 6.80. The maximum atomic E-state index is 11.9. The van der Waals surface area contributed by atoms with Gasteiger partial charge in [0.15, 0.2) is 0 Å². The fourth-order valence-corrected chi connectivity index (χ4v) is 2.26. The van der Waals surface area contributed by atoms with E-state index in [9.17, 15) is 9.59 Å². The fraction of sp³-hybridized carbons (Fsp3) is 0.429. The predicted molar refractivity (Wildman–Crippen MR) is 78.5 cm³/mol. The van der Waals surface area contributed by atoms with Crippen molar-refractivity contribution < 1.29 is 14.3 Å². The number of carbonyl (C=O) groups is 2. The van der Waals surface area contributed by atoms with Gasteiger partial charge < -0.3 is 10.1 Å². The van der Waals surface area contributed by atoms with Crippen LogP contribution in [0.3, 0.4) is 0 Å². The summed E-state index contributed by atoms with van der Waals surface area (Å²) in [7, 11) is 0. The highest BCUT2D eigenvalue weighted by Crippen LogP contribution is 2.23. The van der Waals surface area contributed by atoms with Gasteiger partial charge in [-0.15, -0.1) is 0 Å². The smallest absolute Gasteiger partial charge is 0.325 e. The summed E-state index contributed by atoms with van der Waals surface area (Å²) in [5.74, 6) is -0.668. The lowest BCUT2D eigenvalue weighted by molar-refractivity contribution is -0.143. The van der Waals surface area contributed by atoms with Crippen LogP contribution in [0.5, 0.6) is 0 Å². The average Bonchev–Trinajstić information content (AvgIpc) is 2.96. The third kappa shape index (κ3) is 4.42. The fourth-order valence-electron chi connectivity index (χ4n) is 2.14. The summed E-state index contributed by atoms with van der Waals surface area (Å²) < 4.78 is 4.75. The monoisotopic (exact) mass is 311 g/mol. The molecule has 0 radical (unpaired) electrons. The zero-order chi connectivity index (χ0) is 15.2. The van der Waals surface area contributed by atoms with E-state index < -0.39 is 5.97 Å². The topological polar surface area (TPSA) is 79.5 Å². The third-order valence-electron chi connectivity index (χ3n) is 3.20. The molecule has 1 aromatic carbocycles. The van der Waals surface area contributed by atoms with E-state index in [0.29, 0.717) is 18.1 Å². The van der Waals surface area contributed by atoms with E-state index in [4.69, 9.17) is 16.3 Å². The van der Waals surface area contributed by atoms with Crippen LogP contribution in [0.4, 0.5) is 0 Å². The molecule has 7 heteroatoms. The quantitative estimate of drug-likeness (QED) is 0.705. The van der Waals surface area contributed by atoms with Gasteiger partial charge >= 0.3 is 5.97 Å². The molecule has 1 aliphatic heterocycles. The van der Waals surface area contributed by atoms with Crippen LogP contribution in [-0.2, 0) is 14.3 Å². The second-order valence-corrected chi connectivity index (χ2v) is 5.14. The van der Waals surface area contributed by atoms with Crippen molar-refractivity contribution in [3.05, 3.63) is 34.9 Å². The first-order chi connectivity index (χ1) is 10.1. The Kier molecular flexibility index (Phi) is 5.55. The number of ether oxygens (including phenoxy) is 1. The molecule has 2 atom stereocenters. The van der Waals surface area contributed by atoms with E-state index in [1.807, 2.05) is 24.3 Å². The van der Waals surface area contributed by atoms with Crippen LogP contribution in [0.25, 0.3) is 0 Å². The molecule has 6 nitrogen and oxygen atoms in total. The van der Waals surface area contributed by atoms with Gasteiger partial charge in [0.05, 0.1) is 6.61 Å². The van der Waals surface area contributed by atoms with Gasteiger partial charge in [0.2, 0.25) is 5.91 Å². The molecule has 3 N–H and O–H groups in total.